The zero-order valence-electron chi connectivity index (χ0n) is 8.98. The van der Waals surface area contributed by atoms with Crippen LogP contribution in [0.15, 0.2) is 35.7 Å². The van der Waals surface area contributed by atoms with E-state index in [2.05, 4.69) is 22.6 Å². The summed E-state index contributed by atoms with van der Waals surface area (Å²) in [6.45, 7) is 0. The minimum atomic E-state index is -0.345. The van der Waals surface area contributed by atoms with Gasteiger partial charge in [0.25, 0.3) is 5.91 Å². The van der Waals surface area contributed by atoms with Crippen LogP contribution in [-0.4, -0.2) is 13.0 Å². The summed E-state index contributed by atoms with van der Waals surface area (Å²) >= 11 is 3.68. The Morgan fingerprint density at radius 1 is 1.41 bits per heavy atom. The number of halogens is 2. The van der Waals surface area contributed by atoms with Crippen LogP contribution in [0.2, 0.25) is 0 Å². The van der Waals surface area contributed by atoms with Gasteiger partial charge in [-0.15, -0.1) is 11.3 Å². The molecule has 88 valence electrons. The number of hydrogen-bond donors (Lipinski definition) is 0. The lowest BCUT2D eigenvalue weighted by Crippen LogP contribution is -2.25. The lowest BCUT2D eigenvalue weighted by atomic mass is 10.2. The lowest BCUT2D eigenvalue weighted by Gasteiger charge is -2.16. The summed E-state index contributed by atoms with van der Waals surface area (Å²) in [4.78, 5) is 13.5. The molecule has 5 heteroatoms. The van der Waals surface area contributed by atoms with Crippen molar-refractivity contribution < 1.29 is 9.18 Å². The molecule has 0 aliphatic carbocycles. The molecule has 0 aliphatic heterocycles. The van der Waals surface area contributed by atoms with Gasteiger partial charge in [-0.3, -0.25) is 4.79 Å². The molecule has 1 aromatic carbocycles. The van der Waals surface area contributed by atoms with E-state index in [9.17, 15) is 9.18 Å². The molecule has 0 radical (unpaired) electrons. The normalized spacial score (nSPS) is 10.3. The van der Waals surface area contributed by atoms with Crippen molar-refractivity contribution in [3.8, 4) is 0 Å². The number of anilines is 1. The summed E-state index contributed by atoms with van der Waals surface area (Å²) in [6.07, 6.45) is 0. The molecule has 0 atom stereocenters. The third-order valence-electron chi connectivity index (χ3n) is 2.31. The Balaban J connectivity index is 2.26. The second-order valence-electron chi connectivity index (χ2n) is 3.48. The van der Waals surface area contributed by atoms with E-state index in [1.165, 1.54) is 28.4 Å². The van der Waals surface area contributed by atoms with Crippen LogP contribution < -0.4 is 4.90 Å². The largest absolute Gasteiger partial charge is 0.311 e. The molecule has 1 amide bonds. The van der Waals surface area contributed by atoms with Crippen molar-refractivity contribution >= 4 is 45.5 Å². The van der Waals surface area contributed by atoms with E-state index in [0.717, 1.165) is 2.88 Å². The average molecular weight is 361 g/mol. The molecule has 2 nitrogen and oxygen atoms in total. The summed E-state index contributed by atoms with van der Waals surface area (Å²) in [7, 11) is 1.64. The first-order chi connectivity index (χ1) is 8.08. The molecule has 2 rings (SSSR count). The zero-order valence-corrected chi connectivity index (χ0v) is 12.0. The Bertz CT molecular complexity index is 555. The van der Waals surface area contributed by atoms with E-state index >= 15 is 0 Å². The molecule has 0 aliphatic rings. The molecule has 0 saturated carbocycles. The maximum atomic E-state index is 13.1. The zero-order chi connectivity index (χ0) is 12.4. The van der Waals surface area contributed by atoms with Gasteiger partial charge in [0.1, 0.15) is 5.82 Å². The molecule has 0 N–H and O–H groups in total. The van der Waals surface area contributed by atoms with E-state index in [4.69, 9.17) is 0 Å². The fraction of sp³-hybridized carbons (Fsp3) is 0.0833. The van der Waals surface area contributed by atoms with Crippen LogP contribution in [0.3, 0.4) is 0 Å². The van der Waals surface area contributed by atoms with Crippen LogP contribution in [0.25, 0.3) is 0 Å². The first-order valence-corrected chi connectivity index (χ1v) is 6.81. The molecular weight excluding hydrogens is 352 g/mol. The van der Waals surface area contributed by atoms with Gasteiger partial charge in [0.2, 0.25) is 0 Å². The maximum Gasteiger partial charge on any atom is 0.258 e. The smallest absolute Gasteiger partial charge is 0.258 e. The minimum absolute atomic E-state index is 0.130. The second kappa shape index (κ2) is 5.14. The molecular formula is C12H9FINOS. The Morgan fingerprint density at radius 3 is 2.76 bits per heavy atom. The Morgan fingerprint density at radius 2 is 2.18 bits per heavy atom. The highest BCUT2D eigenvalue weighted by Gasteiger charge is 2.15. The molecule has 0 fully saturated rings. The molecule has 0 saturated heterocycles. The van der Waals surface area contributed by atoms with Gasteiger partial charge in [0, 0.05) is 18.1 Å². The van der Waals surface area contributed by atoms with Crippen molar-refractivity contribution in [2.45, 2.75) is 0 Å². The number of carbonyl (C=O) groups is 1. The van der Waals surface area contributed by atoms with Crippen LogP contribution in [0.1, 0.15) is 10.4 Å². The molecule has 0 unspecified atom stereocenters. The number of rotatable bonds is 2. The van der Waals surface area contributed by atoms with Crippen molar-refractivity contribution in [3.63, 3.8) is 0 Å². The van der Waals surface area contributed by atoms with Crippen molar-refractivity contribution in [2.75, 3.05) is 11.9 Å². The first-order valence-electron chi connectivity index (χ1n) is 4.85. The Hall–Kier alpha value is -0.950. The van der Waals surface area contributed by atoms with Crippen molar-refractivity contribution in [1.82, 2.24) is 0 Å². The summed E-state index contributed by atoms with van der Waals surface area (Å²) in [5.41, 5.74) is 1.18. The topological polar surface area (TPSA) is 20.3 Å². The van der Waals surface area contributed by atoms with E-state index in [0.29, 0.717) is 11.3 Å². The highest BCUT2D eigenvalue weighted by Crippen LogP contribution is 2.21. The van der Waals surface area contributed by atoms with Gasteiger partial charge < -0.3 is 4.90 Å². The average Bonchev–Trinajstić information content (AvgIpc) is 2.74. The number of nitrogens with zero attached hydrogens (tertiary/aromatic N) is 1. The monoisotopic (exact) mass is 361 g/mol. The predicted molar refractivity (Wildman–Crippen MR) is 76.2 cm³/mol. The third kappa shape index (κ3) is 2.84. The number of amides is 1. The first kappa shape index (κ1) is 12.5. The molecule has 0 bridgehead atoms. The summed E-state index contributed by atoms with van der Waals surface area (Å²) in [6, 6.07) is 7.82. The molecule has 1 heterocycles. The maximum absolute atomic E-state index is 13.1. The molecule has 0 spiro atoms. The Labute approximate surface area is 116 Å². The number of benzene rings is 1. The molecule has 1 aromatic heterocycles. The predicted octanol–water partition coefficient (Wildman–Crippen LogP) is 3.77. The summed E-state index contributed by atoms with van der Waals surface area (Å²) < 4.78 is 14.1. The van der Waals surface area contributed by atoms with Crippen LogP contribution in [-0.2, 0) is 0 Å². The number of hydrogen-bond acceptors (Lipinski definition) is 2. The number of thiophene rings is 1. The van der Waals surface area contributed by atoms with Gasteiger partial charge in [-0.25, -0.2) is 4.39 Å². The van der Waals surface area contributed by atoms with E-state index in [1.54, 1.807) is 24.6 Å². The standard InChI is InChI=1S/C12H9FINOS/c1-15(10-4-2-3-9(13)6-10)12(16)8-5-11(14)17-7-8/h2-7H,1H3. The highest BCUT2D eigenvalue weighted by atomic mass is 127. The summed E-state index contributed by atoms with van der Waals surface area (Å²) in [5.74, 6) is -0.475. The fourth-order valence-electron chi connectivity index (χ4n) is 1.42. The van der Waals surface area contributed by atoms with Crippen LogP contribution >= 0.6 is 33.9 Å². The van der Waals surface area contributed by atoms with Gasteiger partial charge in [-0.05, 0) is 46.9 Å². The Kier molecular flexibility index (Phi) is 3.78. The minimum Gasteiger partial charge on any atom is -0.311 e. The van der Waals surface area contributed by atoms with Gasteiger partial charge in [0.15, 0.2) is 0 Å². The SMILES string of the molecule is CN(C(=O)c1csc(I)c1)c1cccc(F)c1. The van der Waals surface area contributed by atoms with Gasteiger partial charge >= 0.3 is 0 Å². The van der Waals surface area contributed by atoms with Crippen LogP contribution in [0, 0.1) is 8.70 Å². The second-order valence-corrected chi connectivity index (χ2v) is 6.29. The quantitative estimate of drug-likeness (QED) is 0.746. The van der Waals surface area contributed by atoms with Gasteiger partial charge in [0.05, 0.1) is 8.45 Å². The van der Waals surface area contributed by atoms with Crippen molar-refractivity contribution in [3.05, 3.63) is 50.0 Å². The van der Waals surface area contributed by atoms with E-state index in [-0.39, 0.29) is 11.7 Å². The van der Waals surface area contributed by atoms with E-state index < -0.39 is 0 Å². The van der Waals surface area contributed by atoms with Gasteiger partial charge in [-0.1, -0.05) is 6.07 Å². The lowest BCUT2D eigenvalue weighted by molar-refractivity contribution is 0.0993. The molecule has 17 heavy (non-hydrogen) atoms. The highest BCUT2D eigenvalue weighted by molar-refractivity contribution is 14.1. The molecule has 2 aromatic rings. The number of carbonyl (C=O) groups excluding carboxylic acids is 1. The fourth-order valence-corrected chi connectivity index (χ4v) is 2.74. The van der Waals surface area contributed by atoms with Crippen molar-refractivity contribution in [1.29, 1.82) is 0 Å². The van der Waals surface area contributed by atoms with Crippen molar-refractivity contribution in [2.24, 2.45) is 0 Å². The van der Waals surface area contributed by atoms with Gasteiger partial charge in [-0.2, -0.15) is 0 Å². The van der Waals surface area contributed by atoms with Crippen LogP contribution in [0.4, 0.5) is 10.1 Å². The summed E-state index contributed by atoms with van der Waals surface area (Å²) in [5, 5.41) is 1.81. The van der Waals surface area contributed by atoms with Crippen LogP contribution in [0.5, 0.6) is 0 Å². The van der Waals surface area contributed by atoms with E-state index in [1.807, 2.05) is 6.07 Å². The third-order valence-corrected chi connectivity index (χ3v) is 4.10.